The van der Waals surface area contributed by atoms with Gasteiger partial charge >= 0.3 is 0 Å². The highest BCUT2D eigenvalue weighted by Crippen LogP contribution is 2.33. The number of likely N-dealkylation sites (tertiary alicyclic amines) is 1. The fourth-order valence-corrected chi connectivity index (χ4v) is 3.98. The van der Waals surface area contributed by atoms with Crippen LogP contribution in [0.4, 0.5) is 11.4 Å². The molecule has 1 N–H and O–H groups in total. The third kappa shape index (κ3) is 4.36. The zero-order valence-corrected chi connectivity index (χ0v) is 16.8. The number of anilines is 2. The van der Waals surface area contributed by atoms with Crippen molar-refractivity contribution < 1.29 is 14.3 Å². The first-order valence-electron chi connectivity index (χ1n) is 10.3. The molecular formula is C23H27N3O3. The van der Waals surface area contributed by atoms with Gasteiger partial charge in [0.15, 0.2) is 6.10 Å². The highest BCUT2D eigenvalue weighted by atomic mass is 16.5. The van der Waals surface area contributed by atoms with Crippen LogP contribution in [0.2, 0.25) is 0 Å². The predicted molar refractivity (Wildman–Crippen MR) is 113 cm³/mol. The lowest BCUT2D eigenvalue weighted by atomic mass is 10.1. The maximum absolute atomic E-state index is 13.0. The fraction of sp³-hybridized carbons (Fsp3) is 0.391. The number of nitrogens with one attached hydrogen (secondary N) is 1. The second-order valence-electron chi connectivity index (χ2n) is 7.70. The molecular weight excluding hydrogens is 366 g/mol. The average Bonchev–Trinajstić information content (AvgIpc) is 2.75. The highest BCUT2D eigenvalue weighted by molar-refractivity contribution is 5.95. The molecule has 0 bridgehead atoms. The number of carbonyl (C=O) groups excluding carboxylic acids is 2. The van der Waals surface area contributed by atoms with Gasteiger partial charge in [0.25, 0.3) is 5.91 Å². The summed E-state index contributed by atoms with van der Waals surface area (Å²) in [5, 5.41) is 2.98. The number of nitrogens with zero attached hydrogens (tertiary/aromatic N) is 2. The second kappa shape index (κ2) is 8.55. The molecule has 1 saturated heterocycles. The minimum Gasteiger partial charge on any atom is -0.477 e. The van der Waals surface area contributed by atoms with E-state index in [2.05, 4.69) is 5.32 Å². The topological polar surface area (TPSA) is 61.9 Å². The van der Waals surface area contributed by atoms with Gasteiger partial charge in [-0.15, -0.1) is 0 Å². The van der Waals surface area contributed by atoms with Gasteiger partial charge < -0.3 is 19.9 Å². The summed E-state index contributed by atoms with van der Waals surface area (Å²) < 4.78 is 6.03. The van der Waals surface area contributed by atoms with Crippen LogP contribution < -0.4 is 15.0 Å². The van der Waals surface area contributed by atoms with E-state index in [1.54, 1.807) is 0 Å². The van der Waals surface area contributed by atoms with E-state index < -0.39 is 6.10 Å². The van der Waals surface area contributed by atoms with Gasteiger partial charge in [0.05, 0.1) is 18.8 Å². The molecule has 0 aliphatic carbocycles. The molecule has 0 unspecified atom stereocenters. The molecule has 0 aromatic heterocycles. The molecule has 4 rings (SSSR count). The number of para-hydroxylation sites is 3. The SMILES string of the molecule is Cc1ccccc1NC(=O)CN1C[C@@H](C(=O)N2CCCCC2)Oc2ccccc21. The van der Waals surface area contributed by atoms with Crippen LogP contribution in [0.1, 0.15) is 24.8 Å². The highest BCUT2D eigenvalue weighted by Gasteiger charge is 2.34. The molecule has 2 aliphatic rings. The van der Waals surface area contributed by atoms with Crippen LogP contribution in [0, 0.1) is 6.92 Å². The van der Waals surface area contributed by atoms with E-state index in [9.17, 15) is 9.59 Å². The van der Waals surface area contributed by atoms with Crippen molar-refractivity contribution in [2.75, 3.05) is 36.4 Å². The van der Waals surface area contributed by atoms with Crippen LogP contribution in [-0.2, 0) is 9.59 Å². The predicted octanol–water partition coefficient (Wildman–Crippen LogP) is 3.21. The Bertz CT molecular complexity index is 892. The summed E-state index contributed by atoms with van der Waals surface area (Å²) in [4.78, 5) is 29.6. The largest absolute Gasteiger partial charge is 0.477 e. The Hall–Kier alpha value is -3.02. The fourth-order valence-electron chi connectivity index (χ4n) is 3.98. The lowest BCUT2D eigenvalue weighted by Gasteiger charge is -2.38. The van der Waals surface area contributed by atoms with Crippen molar-refractivity contribution in [1.29, 1.82) is 0 Å². The third-order valence-corrected chi connectivity index (χ3v) is 5.56. The summed E-state index contributed by atoms with van der Waals surface area (Å²) >= 11 is 0. The number of carbonyl (C=O) groups is 2. The Morgan fingerprint density at radius 2 is 1.76 bits per heavy atom. The van der Waals surface area contributed by atoms with Crippen LogP contribution in [0.15, 0.2) is 48.5 Å². The number of hydrogen-bond donors (Lipinski definition) is 1. The Labute approximate surface area is 171 Å². The number of aryl methyl sites for hydroxylation is 1. The standard InChI is InChI=1S/C23H27N3O3/c1-17-9-3-4-10-18(17)24-22(27)16-26-15-21(23(28)25-13-7-2-8-14-25)29-20-12-6-5-11-19(20)26/h3-6,9-12,21H,2,7-8,13-16H2,1H3,(H,24,27)/t21-/m0/s1. The molecule has 1 fully saturated rings. The summed E-state index contributed by atoms with van der Waals surface area (Å²) in [7, 11) is 0. The average molecular weight is 393 g/mol. The maximum Gasteiger partial charge on any atom is 0.265 e. The van der Waals surface area contributed by atoms with E-state index >= 15 is 0 Å². The van der Waals surface area contributed by atoms with Crippen molar-refractivity contribution in [3.05, 3.63) is 54.1 Å². The molecule has 0 radical (unpaired) electrons. The zero-order valence-electron chi connectivity index (χ0n) is 16.8. The summed E-state index contributed by atoms with van der Waals surface area (Å²) in [5.41, 5.74) is 2.66. The monoisotopic (exact) mass is 393 g/mol. The van der Waals surface area contributed by atoms with Crippen LogP contribution in [-0.4, -0.2) is 49.0 Å². The molecule has 2 aromatic carbocycles. The van der Waals surface area contributed by atoms with Gasteiger partial charge in [0.2, 0.25) is 5.91 Å². The Kier molecular flexibility index (Phi) is 5.69. The van der Waals surface area contributed by atoms with E-state index in [-0.39, 0.29) is 18.4 Å². The summed E-state index contributed by atoms with van der Waals surface area (Å²) in [6, 6.07) is 15.3. The Balaban J connectivity index is 1.49. The number of rotatable bonds is 4. The molecule has 152 valence electrons. The van der Waals surface area contributed by atoms with Crippen molar-refractivity contribution in [1.82, 2.24) is 4.90 Å². The molecule has 0 saturated carbocycles. The summed E-state index contributed by atoms with van der Waals surface area (Å²) in [6.45, 7) is 4.07. The Morgan fingerprint density at radius 3 is 2.55 bits per heavy atom. The molecule has 2 amide bonds. The van der Waals surface area contributed by atoms with Crippen LogP contribution in [0.3, 0.4) is 0 Å². The number of amides is 2. The van der Waals surface area contributed by atoms with Crippen molar-refractivity contribution in [2.24, 2.45) is 0 Å². The molecule has 6 nitrogen and oxygen atoms in total. The molecule has 6 heteroatoms. The number of fused-ring (bicyclic) bond motifs is 1. The van der Waals surface area contributed by atoms with Crippen LogP contribution >= 0.6 is 0 Å². The molecule has 29 heavy (non-hydrogen) atoms. The number of benzene rings is 2. The zero-order chi connectivity index (χ0) is 20.2. The molecule has 2 heterocycles. The smallest absolute Gasteiger partial charge is 0.265 e. The van der Waals surface area contributed by atoms with Crippen molar-refractivity contribution in [3.8, 4) is 5.75 Å². The third-order valence-electron chi connectivity index (χ3n) is 5.56. The first kappa shape index (κ1) is 19.3. The van der Waals surface area contributed by atoms with Gasteiger partial charge in [-0.05, 0) is 49.9 Å². The van der Waals surface area contributed by atoms with Gasteiger partial charge in [0.1, 0.15) is 5.75 Å². The number of hydrogen-bond acceptors (Lipinski definition) is 4. The molecule has 1 atom stereocenters. The lowest BCUT2D eigenvalue weighted by Crippen LogP contribution is -2.52. The van der Waals surface area contributed by atoms with Gasteiger partial charge in [0, 0.05) is 18.8 Å². The quantitative estimate of drug-likeness (QED) is 0.867. The van der Waals surface area contributed by atoms with Crippen molar-refractivity contribution in [3.63, 3.8) is 0 Å². The maximum atomic E-state index is 13.0. The lowest BCUT2D eigenvalue weighted by molar-refractivity contribution is -0.139. The van der Waals surface area contributed by atoms with E-state index in [1.807, 2.05) is 65.3 Å². The molecule has 2 aliphatic heterocycles. The van der Waals surface area contributed by atoms with Crippen LogP contribution in [0.5, 0.6) is 5.75 Å². The van der Waals surface area contributed by atoms with Crippen LogP contribution in [0.25, 0.3) is 0 Å². The summed E-state index contributed by atoms with van der Waals surface area (Å²) in [5.74, 6) is 0.557. The van der Waals surface area contributed by atoms with E-state index in [1.165, 1.54) is 6.42 Å². The van der Waals surface area contributed by atoms with Gasteiger partial charge in [-0.2, -0.15) is 0 Å². The minimum atomic E-state index is -0.589. The minimum absolute atomic E-state index is 0.0171. The van der Waals surface area contributed by atoms with Gasteiger partial charge in [-0.25, -0.2) is 0 Å². The van der Waals surface area contributed by atoms with Crippen molar-refractivity contribution in [2.45, 2.75) is 32.3 Å². The Morgan fingerprint density at radius 1 is 1.03 bits per heavy atom. The first-order valence-corrected chi connectivity index (χ1v) is 10.3. The second-order valence-corrected chi connectivity index (χ2v) is 7.70. The van der Waals surface area contributed by atoms with E-state index in [0.717, 1.165) is 42.9 Å². The normalized spacial score (nSPS) is 18.6. The number of ether oxygens (including phenoxy) is 1. The van der Waals surface area contributed by atoms with Gasteiger partial charge in [-0.1, -0.05) is 30.3 Å². The molecule has 2 aromatic rings. The first-order chi connectivity index (χ1) is 14.1. The van der Waals surface area contributed by atoms with Crippen molar-refractivity contribution >= 4 is 23.2 Å². The molecule has 0 spiro atoms. The summed E-state index contributed by atoms with van der Waals surface area (Å²) in [6.07, 6.45) is 2.66. The van der Waals surface area contributed by atoms with E-state index in [0.29, 0.717) is 12.3 Å². The van der Waals surface area contributed by atoms with E-state index in [4.69, 9.17) is 4.74 Å². The number of piperidine rings is 1. The van der Waals surface area contributed by atoms with Gasteiger partial charge in [-0.3, -0.25) is 9.59 Å².